The van der Waals surface area contributed by atoms with Gasteiger partial charge in [0.15, 0.2) is 10.9 Å². The van der Waals surface area contributed by atoms with Gasteiger partial charge in [0.1, 0.15) is 5.82 Å². The number of hydrogen-bond acceptors (Lipinski definition) is 5. The van der Waals surface area contributed by atoms with Gasteiger partial charge in [0.2, 0.25) is 5.91 Å². The largest absolute Gasteiger partial charge is 0.459 e. The minimum atomic E-state index is -0.365. The van der Waals surface area contributed by atoms with Crippen molar-refractivity contribution in [2.45, 2.75) is 20.3 Å². The van der Waals surface area contributed by atoms with Crippen LogP contribution >= 0.6 is 11.3 Å². The highest BCUT2D eigenvalue weighted by Gasteiger charge is 2.16. The molecular formula is C23H21FN4O3S. The molecule has 0 aliphatic heterocycles. The lowest BCUT2D eigenvalue weighted by atomic mass is 10.2. The summed E-state index contributed by atoms with van der Waals surface area (Å²) in [6, 6.07) is 11.5. The van der Waals surface area contributed by atoms with E-state index < -0.39 is 0 Å². The molecule has 1 aromatic carbocycles. The number of thiazole rings is 1. The van der Waals surface area contributed by atoms with Crippen LogP contribution in [-0.4, -0.2) is 27.9 Å². The second-order valence-electron chi connectivity index (χ2n) is 7.17. The Morgan fingerprint density at radius 2 is 1.97 bits per heavy atom. The summed E-state index contributed by atoms with van der Waals surface area (Å²) in [5.74, 6) is -0.691. The first-order valence-electron chi connectivity index (χ1n) is 9.94. The molecule has 164 valence electrons. The number of furan rings is 1. The monoisotopic (exact) mass is 452 g/mol. The van der Waals surface area contributed by atoms with Crippen LogP contribution in [-0.2, 0) is 4.79 Å². The molecule has 2 N–H and O–H groups in total. The Bertz CT molecular complexity index is 1240. The summed E-state index contributed by atoms with van der Waals surface area (Å²) in [5, 5.41) is 7.76. The first-order valence-corrected chi connectivity index (χ1v) is 10.8. The number of halogens is 1. The van der Waals surface area contributed by atoms with Gasteiger partial charge in [-0.3, -0.25) is 9.59 Å². The summed E-state index contributed by atoms with van der Waals surface area (Å²) >= 11 is 1.33. The third kappa shape index (κ3) is 4.62. The lowest BCUT2D eigenvalue weighted by Crippen LogP contribution is -2.27. The Labute approximate surface area is 187 Å². The number of rotatable bonds is 7. The van der Waals surface area contributed by atoms with Gasteiger partial charge in [0.05, 0.1) is 12.0 Å². The molecule has 4 rings (SSSR count). The zero-order valence-corrected chi connectivity index (χ0v) is 18.3. The minimum Gasteiger partial charge on any atom is -0.459 e. The SMILES string of the molecule is Cc1cc(-c2csc(NC(=O)CCNC(=O)c3ccco3)n2)c(C)n1-c1ccc(F)cc1. The van der Waals surface area contributed by atoms with Gasteiger partial charge in [-0.05, 0) is 56.3 Å². The first kappa shape index (κ1) is 21.5. The number of nitrogens with zero attached hydrogens (tertiary/aromatic N) is 2. The molecule has 3 aromatic heterocycles. The number of aryl methyl sites for hydroxylation is 1. The van der Waals surface area contributed by atoms with E-state index in [0.717, 1.165) is 28.3 Å². The Kier molecular flexibility index (Phi) is 6.18. The van der Waals surface area contributed by atoms with E-state index in [1.54, 1.807) is 24.3 Å². The summed E-state index contributed by atoms with van der Waals surface area (Å²) < 4.78 is 20.3. The highest BCUT2D eigenvalue weighted by molar-refractivity contribution is 7.14. The van der Waals surface area contributed by atoms with Gasteiger partial charge in [-0.15, -0.1) is 11.3 Å². The van der Waals surface area contributed by atoms with Crippen LogP contribution in [0.2, 0.25) is 0 Å². The summed E-state index contributed by atoms with van der Waals surface area (Å²) in [7, 11) is 0. The average molecular weight is 453 g/mol. The molecule has 0 saturated heterocycles. The predicted molar refractivity (Wildman–Crippen MR) is 121 cm³/mol. The topological polar surface area (TPSA) is 89.2 Å². The average Bonchev–Trinajstić information content (AvgIpc) is 3.50. The van der Waals surface area contributed by atoms with Crippen molar-refractivity contribution in [3.05, 3.63) is 77.1 Å². The number of amides is 2. The van der Waals surface area contributed by atoms with Gasteiger partial charge in [0, 0.05) is 41.0 Å². The van der Waals surface area contributed by atoms with Gasteiger partial charge in [-0.25, -0.2) is 9.37 Å². The fraction of sp³-hybridized carbons (Fsp3) is 0.174. The van der Waals surface area contributed by atoms with E-state index in [2.05, 4.69) is 15.6 Å². The molecule has 0 bridgehead atoms. The molecule has 4 aromatic rings. The normalized spacial score (nSPS) is 10.8. The minimum absolute atomic E-state index is 0.112. The Balaban J connectivity index is 1.39. The number of carbonyl (C=O) groups is 2. The third-order valence-electron chi connectivity index (χ3n) is 4.93. The van der Waals surface area contributed by atoms with E-state index in [1.807, 2.05) is 29.9 Å². The van der Waals surface area contributed by atoms with Crippen LogP contribution in [0.4, 0.5) is 9.52 Å². The van der Waals surface area contributed by atoms with E-state index in [0.29, 0.717) is 5.13 Å². The molecule has 0 fully saturated rings. The molecule has 0 saturated carbocycles. The van der Waals surface area contributed by atoms with Crippen LogP contribution in [0.1, 0.15) is 28.4 Å². The lowest BCUT2D eigenvalue weighted by Gasteiger charge is -2.09. The van der Waals surface area contributed by atoms with Crippen molar-refractivity contribution >= 4 is 28.3 Å². The molecule has 9 heteroatoms. The van der Waals surface area contributed by atoms with Gasteiger partial charge in [0.25, 0.3) is 5.91 Å². The van der Waals surface area contributed by atoms with Crippen molar-refractivity contribution in [2.75, 3.05) is 11.9 Å². The molecule has 0 radical (unpaired) electrons. The van der Waals surface area contributed by atoms with Crippen molar-refractivity contribution in [3.63, 3.8) is 0 Å². The highest BCUT2D eigenvalue weighted by atomic mass is 32.1. The summed E-state index contributed by atoms with van der Waals surface area (Å²) in [6.45, 7) is 4.14. The Morgan fingerprint density at radius 1 is 1.19 bits per heavy atom. The zero-order valence-electron chi connectivity index (χ0n) is 17.5. The molecule has 2 amide bonds. The van der Waals surface area contributed by atoms with Gasteiger partial charge < -0.3 is 19.6 Å². The third-order valence-corrected chi connectivity index (χ3v) is 5.68. The van der Waals surface area contributed by atoms with Crippen molar-refractivity contribution in [2.24, 2.45) is 0 Å². The van der Waals surface area contributed by atoms with Gasteiger partial charge in [-0.1, -0.05) is 0 Å². The van der Waals surface area contributed by atoms with Crippen LogP contribution in [0.15, 0.2) is 58.5 Å². The lowest BCUT2D eigenvalue weighted by molar-refractivity contribution is -0.116. The van der Waals surface area contributed by atoms with Crippen molar-refractivity contribution < 1.29 is 18.4 Å². The molecule has 0 aliphatic rings. The van der Waals surface area contributed by atoms with Crippen molar-refractivity contribution in [1.82, 2.24) is 14.9 Å². The van der Waals surface area contributed by atoms with E-state index >= 15 is 0 Å². The van der Waals surface area contributed by atoms with E-state index in [4.69, 9.17) is 4.42 Å². The fourth-order valence-corrected chi connectivity index (χ4v) is 4.16. The molecular weight excluding hydrogens is 431 g/mol. The van der Waals surface area contributed by atoms with Crippen molar-refractivity contribution in [3.8, 4) is 16.9 Å². The molecule has 7 nitrogen and oxygen atoms in total. The molecule has 3 heterocycles. The number of carbonyl (C=O) groups excluding carboxylic acids is 2. The smallest absolute Gasteiger partial charge is 0.286 e. The molecule has 32 heavy (non-hydrogen) atoms. The summed E-state index contributed by atoms with van der Waals surface area (Å²) in [5.41, 5.74) is 4.52. The molecule has 0 atom stereocenters. The number of hydrogen-bond donors (Lipinski definition) is 2. The quantitative estimate of drug-likeness (QED) is 0.425. The maximum atomic E-state index is 13.3. The molecule has 0 spiro atoms. The second-order valence-corrected chi connectivity index (χ2v) is 8.02. The van der Waals surface area contributed by atoms with E-state index in [-0.39, 0.29) is 36.4 Å². The highest BCUT2D eigenvalue weighted by Crippen LogP contribution is 2.31. The van der Waals surface area contributed by atoms with Gasteiger partial charge in [-0.2, -0.15) is 0 Å². The van der Waals surface area contributed by atoms with Crippen LogP contribution in [0.25, 0.3) is 16.9 Å². The molecule has 0 aliphatic carbocycles. The maximum absolute atomic E-state index is 13.3. The molecule has 0 unspecified atom stereocenters. The number of aromatic nitrogens is 2. The van der Waals surface area contributed by atoms with Crippen LogP contribution in [0, 0.1) is 19.7 Å². The van der Waals surface area contributed by atoms with Gasteiger partial charge >= 0.3 is 0 Å². The van der Waals surface area contributed by atoms with E-state index in [1.165, 1.54) is 29.7 Å². The number of benzene rings is 1. The second kappa shape index (κ2) is 9.19. The summed E-state index contributed by atoms with van der Waals surface area (Å²) in [6.07, 6.45) is 1.53. The number of anilines is 1. The summed E-state index contributed by atoms with van der Waals surface area (Å²) in [4.78, 5) is 28.6. The zero-order chi connectivity index (χ0) is 22.7. The standard InChI is InChI=1S/C23H21FN4O3S/c1-14-12-18(15(2)28(14)17-7-5-16(24)6-8-17)19-13-32-23(26-19)27-21(29)9-10-25-22(30)20-4-3-11-31-20/h3-8,11-13H,9-10H2,1-2H3,(H,25,30)(H,26,27,29). The Morgan fingerprint density at radius 3 is 2.69 bits per heavy atom. The maximum Gasteiger partial charge on any atom is 0.286 e. The van der Waals surface area contributed by atoms with Crippen LogP contribution < -0.4 is 10.6 Å². The van der Waals surface area contributed by atoms with Crippen LogP contribution in [0.3, 0.4) is 0 Å². The number of nitrogens with one attached hydrogen (secondary N) is 2. The van der Waals surface area contributed by atoms with E-state index in [9.17, 15) is 14.0 Å². The first-order chi connectivity index (χ1) is 15.4. The van der Waals surface area contributed by atoms with Crippen molar-refractivity contribution in [1.29, 1.82) is 0 Å². The Hall–Kier alpha value is -3.72. The van der Waals surface area contributed by atoms with Crippen LogP contribution in [0.5, 0.6) is 0 Å². The predicted octanol–water partition coefficient (Wildman–Crippen LogP) is 4.71. The fourth-order valence-electron chi connectivity index (χ4n) is 3.43.